The van der Waals surface area contributed by atoms with Crippen molar-refractivity contribution in [1.82, 2.24) is 10.3 Å². The molecule has 2 amide bonds. The van der Waals surface area contributed by atoms with Crippen molar-refractivity contribution in [3.05, 3.63) is 42.1 Å². The van der Waals surface area contributed by atoms with Gasteiger partial charge in [-0.3, -0.25) is 9.59 Å². The Labute approximate surface area is 163 Å². The van der Waals surface area contributed by atoms with Gasteiger partial charge in [-0.1, -0.05) is 6.07 Å². The van der Waals surface area contributed by atoms with Gasteiger partial charge in [-0.2, -0.15) is 0 Å². The van der Waals surface area contributed by atoms with E-state index in [9.17, 15) is 9.59 Å². The zero-order valence-corrected chi connectivity index (χ0v) is 15.9. The van der Waals surface area contributed by atoms with Crippen LogP contribution in [0.3, 0.4) is 0 Å². The Hall–Kier alpha value is -3.29. The highest BCUT2D eigenvalue weighted by atomic mass is 16.5. The number of amides is 2. The molecule has 0 aliphatic heterocycles. The van der Waals surface area contributed by atoms with Crippen molar-refractivity contribution in [3.63, 3.8) is 0 Å². The van der Waals surface area contributed by atoms with E-state index in [2.05, 4.69) is 15.6 Å². The fourth-order valence-corrected chi connectivity index (χ4v) is 2.51. The van der Waals surface area contributed by atoms with Crippen molar-refractivity contribution >= 4 is 17.5 Å². The maximum absolute atomic E-state index is 12.0. The number of nitrogens with one attached hydrogen (secondary N) is 2. The normalized spacial score (nSPS) is 12.8. The van der Waals surface area contributed by atoms with E-state index in [0.717, 1.165) is 18.4 Å². The van der Waals surface area contributed by atoms with Gasteiger partial charge in [-0.05, 0) is 36.6 Å². The summed E-state index contributed by atoms with van der Waals surface area (Å²) in [5.41, 5.74) is 1.49. The van der Waals surface area contributed by atoms with Crippen LogP contribution in [-0.4, -0.2) is 37.6 Å². The lowest BCUT2D eigenvalue weighted by atomic mass is 10.2. The fourth-order valence-electron chi connectivity index (χ4n) is 2.51. The summed E-state index contributed by atoms with van der Waals surface area (Å²) in [5, 5.41) is 5.57. The van der Waals surface area contributed by atoms with Crippen molar-refractivity contribution in [1.29, 1.82) is 0 Å². The number of carbonyl (C=O) groups is 2. The molecule has 0 bridgehead atoms. The predicted octanol–water partition coefficient (Wildman–Crippen LogP) is 2.14. The first-order valence-corrected chi connectivity index (χ1v) is 8.96. The quantitative estimate of drug-likeness (QED) is 0.686. The summed E-state index contributed by atoms with van der Waals surface area (Å²) in [4.78, 5) is 27.8. The number of hydrogen-bond donors (Lipinski definition) is 2. The molecular weight excluding hydrogens is 362 g/mol. The Morgan fingerprint density at radius 1 is 1.11 bits per heavy atom. The van der Waals surface area contributed by atoms with Gasteiger partial charge in [0.05, 0.1) is 26.1 Å². The highest BCUT2D eigenvalue weighted by molar-refractivity contribution is 5.93. The Bertz CT molecular complexity index is 834. The lowest BCUT2D eigenvalue weighted by Crippen LogP contribution is -2.28. The second-order valence-corrected chi connectivity index (χ2v) is 6.40. The summed E-state index contributed by atoms with van der Waals surface area (Å²) >= 11 is 0. The molecule has 8 heteroatoms. The first kappa shape index (κ1) is 19.5. The summed E-state index contributed by atoms with van der Waals surface area (Å²) in [6.45, 7) is 0.177. The standard InChI is InChI=1S/C20H23N3O5/c1-26-16-7-3-13(9-17(16)27-2)10-21-18(24)12-28-19-8-6-15(11-22-19)23-20(25)14-4-5-14/h3,6-9,11,14H,4-5,10,12H2,1-2H3,(H,21,24)(H,23,25). The van der Waals surface area contributed by atoms with Gasteiger partial charge in [0.2, 0.25) is 11.8 Å². The van der Waals surface area contributed by atoms with Gasteiger partial charge in [0.25, 0.3) is 5.91 Å². The van der Waals surface area contributed by atoms with Gasteiger partial charge >= 0.3 is 0 Å². The van der Waals surface area contributed by atoms with Crippen molar-refractivity contribution in [2.45, 2.75) is 19.4 Å². The third-order valence-corrected chi connectivity index (χ3v) is 4.24. The zero-order valence-electron chi connectivity index (χ0n) is 15.9. The minimum absolute atomic E-state index is 0.0185. The molecule has 2 N–H and O–H groups in total. The van der Waals surface area contributed by atoms with Crippen LogP contribution in [-0.2, 0) is 16.1 Å². The number of rotatable bonds is 9. The molecule has 3 rings (SSSR count). The molecule has 0 spiro atoms. The Kier molecular flexibility index (Phi) is 6.31. The van der Waals surface area contributed by atoms with Crippen LogP contribution in [0.1, 0.15) is 18.4 Å². The van der Waals surface area contributed by atoms with E-state index in [0.29, 0.717) is 29.6 Å². The molecule has 28 heavy (non-hydrogen) atoms. The second-order valence-electron chi connectivity index (χ2n) is 6.40. The monoisotopic (exact) mass is 385 g/mol. The topological polar surface area (TPSA) is 98.8 Å². The predicted molar refractivity (Wildman–Crippen MR) is 102 cm³/mol. The SMILES string of the molecule is COc1ccc(CNC(=O)COc2ccc(NC(=O)C3CC3)cn2)cc1OC. The van der Waals surface area contributed by atoms with E-state index in [4.69, 9.17) is 14.2 Å². The summed E-state index contributed by atoms with van der Waals surface area (Å²) in [5.74, 6) is 1.41. The Balaban J connectivity index is 1.43. The van der Waals surface area contributed by atoms with Crippen molar-refractivity contribution < 1.29 is 23.8 Å². The number of hydrogen-bond acceptors (Lipinski definition) is 6. The number of aromatic nitrogens is 1. The average molecular weight is 385 g/mol. The number of anilines is 1. The molecule has 0 atom stereocenters. The molecule has 8 nitrogen and oxygen atoms in total. The fraction of sp³-hybridized carbons (Fsp3) is 0.350. The van der Waals surface area contributed by atoms with Crippen LogP contribution in [0.2, 0.25) is 0 Å². The van der Waals surface area contributed by atoms with Crippen LogP contribution >= 0.6 is 0 Å². The van der Waals surface area contributed by atoms with E-state index in [1.807, 2.05) is 6.07 Å². The molecule has 0 radical (unpaired) electrons. The zero-order chi connectivity index (χ0) is 19.9. The molecule has 2 aromatic rings. The molecule has 1 aliphatic rings. The second kappa shape index (κ2) is 9.07. The van der Waals surface area contributed by atoms with Crippen LogP contribution in [0.5, 0.6) is 17.4 Å². The molecule has 1 aromatic heterocycles. The highest BCUT2D eigenvalue weighted by Crippen LogP contribution is 2.30. The molecule has 0 saturated heterocycles. The van der Waals surface area contributed by atoms with Crippen LogP contribution in [0.25, 0.3) is 0 Å². The number of benzene rings is 1. The lowest BCUT2D eigenvalue weighted by Gasteiger charge is -2.11. The van der Waals surface area contributed by atoms with E-state index in [1.165, 1.54) is 6.20 Å². The summed E-state index contributed by atoms with van der Waals surface area (Å²) in [6, 6.07) is 8.74. The molecule has 1 fully saturated rings. The van der Waals surface area contributed by atoms with Crippen LogP contribution < -0.4 is 24.8 Å². The summed E-state index contributed by atoms with van der Waals surface area (Å²) < 4.78 is 15.8. The highest BCUT2D eigenvalue weighted by Gasteiger charge is 2.29. The Morgan fingerprint density at radius 2 is 1.89 bits per heavy atom. The molecule has 1 aliphatic carbocycles. The molecular formula is C20H23N3O5. The largest absolute Gasteiger partial charge is 0.493 e. The maximum atomic E-state index is 12.0. The Morgan fingerprint density at radius 3 is 2.54 bits per heavy atom. The smallest absolute Gasteiger partial charge is 0.258 e. The van der Waals surface area contributed by atoms with E-state index in [-0.39, 0.29) is 24.3 Å². The van der Waals surface area contributed by atoms with Gasteiger partial charge in [0.15, 0.2) is 18.1 Å². The average Bonchev–Trinajstić information content (AvgIpc) is 3.57. The van der Waals surface area contributed by atoms with Gasteiger partial charge in [-0.25, -0.2) is 4.98 Å². The lowest BCUT2D eigenvalue weighted by molar-refractivity contribution is -0.123. The molecule has 1 heterocycles. The molecule has 148 valence electrons. The number of ether oxygens (including phenoxy) is 3. The van der Waals surface area contributed by atoms with Crippen molar-refractivity contribution in [3.8, 4) is 17.4 Å². The minimum Gasteiger partial charge on any atom is -0.493 e. The summed E-state index contributed by atoms with van der Waals surface area (Å²) in [7, 11) is 3.13. The maximum Gasteiger partial charge on any atom is 0.258 e. The van der Waals surface area contributed by atoms with Crippen molar-refractivity contribution in [2.75, 3.05) is 26.1 Å². The van der Waals surface area contributed by atoms with Gasteiger partial charge < -0.3 is 24.8 Å². The third kappa shape index (κ3) is 5.35. The van der Waals surface area contributed by atoms with Crippen LogP contribution in [0.15, 0.2) is 36.5 Å². The number of methoxy groups -OCH3 is 2. The van der Waals surface area contributed by atoms with Crippen LogP contribution in [0.4, 0.5) is 5.69 Å². The first-order valence-electron chi connectivity index (χ1n) is 8.96. The van der Waals surface area contributed by atoms with E-state index >= 15 is 0 Å². The third-order valence-electron chi connectivity index (χ3n) is 4.24. The van der Waals surface area contributed by atoms with Gasteiger partial charge in [0, 0.05) is 18.5 Å². The van der Waals surface area contributed by atoms with Gasteiger partial charge in [-0.15, -0.1) is 0 Å². The first-order chi connectivity index (χ1) is 13.6. The molecule has 1 aromatic carbocycles. The molecule has 0 unspecified atom stereocenters. The molecule has 1 saturated carbocycles. The van der Waals surface area contributed by atoms with E-state index < -0.39 is 0 Å². The summed E-state index contributed by atoms with van der Waals surface area (Å²) in [6.07, 6.45) is 3.40. The number of carbonyl (C=O) groups excluding carboxylic acids is 2. The minimum atomic E-state index is -0.275. The van der Waals surface area contributed by atoms with Crippen molar-refractivity contribution in [2.24, 2.45) is 5.92 Å². The number of nitrogens with zero attached hydrogens (tertiary/aromatic N) is 1. The van der Waals surface area contributed by atoms with Gasteiger partial charge in [0.1, 0.15) is 0 Å². The van der Waals surface area contributed by atoms with Crippen LogP contribution in [0, 0.1) is 5.92 Å². The number of pyridine rings is 1. The van der Waals surface area contributed by atoms with E-state index in [1.54, 1.807) is 38.5 Å².